The summed E-state index contributed by atoms with van der Waals surface area (Å²) in [6.45, 7) is 6.32. The van der Waals surface area contributed by atoms with Crippen LogP contribution in [0.25, 0.3) is 0 Å². The van der Waals surface area contributed by atoms with Gasteiger partial charge in [0.2, 0.25) is 0 Å². The fourth-order valence-electron chi connectivity index (χ4n) is 1.86. The fraction of sp³-hybridized carbons (Fsp3) is 0.444. The zero-order valence-corrected chi connectivity index (χ0v) is 13.5. The van der Waals surface area contributed by atoms with Crippen molar-refractivity contribution in [3.8, 4) is 12.3 Å². The molecule has 4 heteroatoms. The molecule has 0 bridgehead atoms. The smallest absolute Gasteiger partial charge is 0.410 e. The Balaban J connectivity index is 2.65. The minimum Gasteiger partial charge on any atom is -0.444 e. The Morgan fingerprint density at radius 2 is 1.91 bits per heavy atom. The molecule has 0 N–H and O–H groups in total. The van der Waals surface area contributed by atoms with Crippen molar-refractivity contribution in [3.05, 3.63) is 35.4 Å². The van der Waals surface area contributed by atoms with E-state index in [1.807, 2.05) is 45.0 Å². The molecule has 0 unspecified atom stereocenters. The van der Waals surface area contributed by atoms with Gasteiger partial charge in [-0.3, -0.25) is 0 Å². The van der Waals surface area contributed by atoms with E-state index >= 15 is 0 Å². The van der Waals surface area contributed by atoms with Crippen LogP contribution in [0.2, 0.25) is 0 Å². The van der Waals surface area contributed by atoms with Crippen LogP contribution in [0, 0.1) is 12.3 Å². The topological polar surface area (TPSA) is 46.6 Å². The van der Waals surface area contributed by atoms with Gasteiger partial charge >= 0.3 is 6.09 Å². The summed E-state index contributed by atoms with van der Waals surface area (Å²) < 4.78 is 5.37. The number of carbonyl (C=O) groups excluding carboxylic acids is 2. The summed E-state index contributed by atoms with van der Waals surface area (Å²) in [7, 11) is 0. The van der Waals surface area contributed by atoms with Crippen LogP contribution in [-0.2, 0) is 16.0 Å². The molecule has 1 rings (SSSR count). The first-order chi connectivity index (χ1) is 10.4. The summed E-state index contributed by atoms with van der Waals surface area (Å²) >= 11 is 0. The Bertz CT molecular complexity index is 535. The number of carbonyl (C=O) groups is 2. The number of hydrogen-bond donors (Lipinski definition) is 0. The Morgan fingerprint density at radius 1 is 1.27 bits per heavy atom. The van der Waals surface area contributed by atoms with Gasteiger partial charge in [0.1, 0.15) is 11.9 Å². The van der Waals surface area contributed by atoms with E-state index in [0.717, 1.165) is 17.4 Å². The second-order valence-corrected chi connectivity index (χ2v) is 6.01. The van der Waals surface area contributed by atoms with E-state index in [-0.39, 0.29) is 0 Å². The minimum absolute atomic E-state index is 0.301. The highest BCUT2D eigenvalue weighted by Gasteiger charge is 2.21. The molecule has 4 nitrogen and oxygen atoms in total. The molecule has 1 amide bonds. The molecule has 1 aromatic carbocycles. The third-order valence-corrected chi connectivity index (χ3v) is 2.96. The second-order valence-electron chi connectivity index (χ2n) is 6.01. The van der Waals surface area contributed by atoms with Crippen molar-refractivity contribution in [2.75, 3.05) is 13.1 Å². The molecule has 0 fully saturated rings. The zero-order chi connectivity index (χ0) is 16.6. The van der Waals surface area contributed by atoms with E-state index in [0.29, 0.717) is 25.9 Å². The lowest BCUT2D eigenvalue weighted by Gasteiger charge is -2.27. The summed E-state index contributed by atoms with van der Waals surface area (Å²) in [6.07, 6.45) is 6.72. The van der Waals surface area contributed by atoms with Crippen molar-refractivity contribution < 1.29 is 14.3 Å². The van der Waals surface area contributed by atoms with Crippen molar-refractivity contribution in [2.45, 2.75) is 39.2 Å². The Labute approximate surface area is 132 Å². The van der Waals surface area contributed by atoms with Crippen LogP contribution in [0.4, 0.5) is 4.79 Å². The quantitative estimate of drug-likeness (QED) is 0.599. The third kappa shape index (κ3) is 6.45. The van der Waals surface area contributed by atoms with Crippen LogP contribution in [0.5, 0.6) is 0 Å². The van der Waals surface area contributed by atoms with Crippen molar-refractivity contribution in [3.63, 3.8) is 0 Å². The van der Waals surface area contributed by atoms with Crippen LogP contribution in [-0.4, -0.2) is 36.0 Å². The number of ether oxygens (including phenoxy) is 1. The number of benzene rings is 1. The molecule has 0 aromatic heterocycles. The number of rotatable bonds is 6. The molecule has 0 aliphatic carbocycles. The van der Waals surface area contributed by atoms with Gasteiger partial charge < -0.3 is 14.4 Å². The largest absolute Gasteiger partial charge is 0.444 e. The Kier molecular flexibility index (Phi) is 6.65. The molecule has 0 spiro atoms. The molecular weight excluding hydrogens is 278 g/mol. The molecule has 0 heterocycles. The summed E-state index contributed by atoms with van der Waals surface area (Å²) in [5, 5.41) is 0. The normalized spacial score (nSPS) is 10.6. The van der Waals surface area contributed by atoms with E-state index in [2.05, 4.69) is 5.92 Å². The average Bonchev–Trinajstić information content (AvgIpc) is 2.46. The third-order valence-electron chi connectivity index (χ3n) is 2.96. The molecular formula is C18H23NO3. The van der Waals surface area contributed by atoms with Crippen molar-refractivity contribution in [1.82, 2.24) is 4.90 Å². The highest BCUT2D eigenvalue weighted by molar-refractivity contribution is 5.68. The first-order valence-corrected chi connectivity index (χ1v) is 7.33. The number of amides is 1. The monoisotopic (exact) mass is 301 g/mol. The lowest BCUT2D eigenvalue weighted by atomic mass is 10.1. The number of nitrogens with zero attached hydrogens (tertiary/aromatic N) is 1. The van der Waals surface area contributed by atoms with Gasteiger partial charge in [-0.25, -0.2) is 4.79 Å². The maximum absolute atomic E-state index is 12.1. The van der Waals surface area contributed by atoms with Gasteiger partial charge in [-0.15, -0.1) is 6.42 Å². The fourth-order valence-corrected chi connectivity index (χ4v) is 1.86. The molecule has 0 aliphatic heterocycles. The zero-order valence-electron chi connectivity index (χ0n) is 13.5. The van der Waals surface area contributed by atoms with E-state index < -0.39 is 11.7 Å². The first-order valence-electron chi connectivity index (χ1n) is 7.33. The molecule has 0 atom stereocenters. The van der Waals surface area contributed by atoms with Gasteiger partial charge in [-0.2, -0.15) is 0 Å². The highest BCUT2D eigenvalue weighted by Crippen LogP contribution is 2.11. The molecule has 22 heavy (non-hydrogen) atoms. The SMILES string of the molecule is C#Cc1ccc(CCN(CCC=O)C(=O)OC(C)(C)C)cc1. The average molecular weight is 301 g/mol. The molecule has 118 valence electrons. The maximum Gasteiger partial charge on any atom is 0.410 e. The molecule has 0 saturated carbocycles. The molecule has 0 saturated heterocycles. The van der Waals surface area contributed by atoms with Crippen LogP contribution < -0.4 is 0 Å². The molecule has 0 aliphatic rings. The predicted octanol–water partition coefficient (Wildman–Crippen LogP) is 3.04. The standard InChI is InChI=1S/C18H23NO3/c1-5-15-7-9-16(10-8-15)11-13-19(12-6-14-20)17(21)22-18(2,3)4/h1,7-10,14H,6,11-13H2,2-4H3. The van der Waals surface area contributed by atoms with E-state index in [9.17, 15) is 9.59 Å². The van der Waals surface area contributed by atoms with Gasteiger partial charge in [0.25, 0.3) is 0 Å². The molecule has 1 aromatic rings. The van der Waals surface area contributed by atoms with Crippen molar-refractivity contribution in [2.24, 2.45) is 0 Å². The van der Waals surface area contributed by atoms with Gasteiger partial charge in [-0.05, 0) is 44.9 Å². The first kappa shape index (κ1) is 17.8. The Hall–Kier alpha value is -2.28. The summed E-state index contributed by atoms with van der Waals surface area (Å²) in [5.74, 6) is 2.57. The van der Waals surface area contributed by atoms with E-state index in [1.54, 1.807) is 4.90 Å². The second kappa shape index (κ2) is 8.23. The van der Waals surface area contributed by atoms with Crippen molar-refractivity contribution >= 4 is 12.4 Å². The molecule has 0 radical (unpaired) electrons. The minimum atomic E-state index is -0.551. The van der Waals surface area contributed by atoms with Crippen LogP contribution in [0.1, 0.15) is 38.3 Å². The lowest BCUT2D eigenvalue weighted by Crippen LogP contribution is -2.38. The van der Waals surface area contributed by atoms with Crippen LogP contribution >= 0.6 is 0 Å². The van der Waals surface area contributed by atoms with Gasteiger partial charge in [0, 0.05) is 25.1 Å². The Morgan fingerprint density at radius 3 is 2.41 bits per heavy atom. The van der Waals surface area contributed by atoms with E-state index in [4.69, 9.17) is 11.2 Å². The number of aldehydes is 1. The van der Waals surface area contributed by atoms with Gasteiger partial charge in [0.05, 0.1) is 0 Å². The number of hydrogen-bond acceptors (Lipinski definition) is 3. The van der Waals surface area contributed by atoms with E-state index in [1.165, 1.54) is 0 Å². The van der Waals surface area contributed by atoms with Crippen LogP contribution in [0.3, 0.4) is 0 Å². The maximum atomic E-state index is 12.1. The van der Waals surface area contributed by atoms with Crippen molar-refractivity contribution in [1.29, 1.82) is 0 Å². The summed E-state index contributed by atoms with van der Waals surface area (Å²) in [4.78, 5) is 24.3. The van der Waals surface area contributed by atoms with Gasteiger partial charge in [0.15, 0.2) is 0 Å². The predicted molar refractivity (Wildman–Crippen MR) is 86.6 cm³/mol. The van der Waals surface area contributed by atoms with Crippen LogP contribution in [0.15, 0.2) is 24.3 Å². The number of terminal acetylenes is 1. The highest BCUT2D eigenvalue weighted by atomic mass is 16.6. The summed E-state index contributed by atoms with van der Waals surface area (Å²) in [5.41, 5.74) is 1.36. The summed E-state index contributed by atoms with van der Waals surface area (Å²) in [6, 6.07) is 7.64. The van der Waals surface area contributed by atoms with Gasteiger partial charge in [-0.1, -0.05) is 18.1 Å². The lowest BCUT2D eigenvalue weighted by molar-refractivity contribution is -0.108.